The SMILES string of the molecule is O=C(NCC1(c2ccccn2)CC1)c1ccccc1. The van der Waals surface area contributed by atoms with Gasteiger partial charge in [-0.1, -0.05) is 24.3 Å². The first kappa shape index (κ1) is 11.9. The number of aromatic nitrogens is 1. The van der Waals surface area contributed by atoms with Gasteiger partial charge in [-0.25, -0.2) is 0 Å². The van der Waals surface area contributed by atoms with Crippen molar-refractivity contribution in [1.29, 1.82) is 0 Å². The Kier molecular flexibility index (Phi) is 3.03. The summed E-state index contributed by atoms with van der Waals surface area (Å²) < 4.78 is 0. The average Bonchev–Trinajstić information content (AvgIpc) is 3.28. The molecule has 96 valence electrons. The van der Waals surface area contributed by atoms with Crippen LogP contribution in [0.4, 0.5) is 0 Å². The Bertz CT molecular complexity index is 562. The van der Waals surface area contributed by atoms with Crippen molar-refractivity contribution in [1.82, 2.24) is 10.3 Å². The lowest BCUT2D eigenvalue weighted by molar-refractivity contribution is 0.0949. The van der Waals surface area contributed by atoms with E-state index in [1.165, 1.54) is 0 Å². The van der Waals surface area contributed by atoms with Crippen molar-refractivity contribution in [3.05, 3.63) is 66.0 Å². The fourth-order valence-corrected chi connectivity index (χ4v) is 2.29. The van der Waals surface area contributed by atoms with Crippen LogP contribution in [0.2, 0.25) is 0 Å². The lowest BCUT2D eigenvalue weighted by atomic mass is 10.0. The molecular formula is C16H16N2O. The summed E-state index contributed by atoms with van der Waals surface area (Å²) in [6, 6.07) is 15.3. The smallest absolute Gasteiger partial charge is 0.251 e. The number of hydrogen-bond donors (Lipinski definition) is 1. The van der Waals surface area contributed by atoms with E-state index in [4.69, 9.17) is 0 Å². The summed E-state index contributed by atoms with van der Waals surface area (Å²) in [5, 5.41) is 3.02. The number of pyridine rings is 1. The Morgan fingerprint density at radius 1 is 1.11 bits per heavy atom. The first-order chi connectivity index (χ1) is 9.30. The first-order valence-electron chi connectivity index (χ1n) is 6.55. The summed E-state index contributed by atoms with van der Waals surface area (Å²) in [6.07, 6.45) is 4.01. The molecule has 3 nitrogen and oxygen atoms in total. The maximum atomic E-state index is 12.0. The van der Waals surface area contributed by atoms with Gasteiger partial charge in [-0.15, -0.1) is 0 Å². The minimum Gasteiger partial charge on any atom is -0.351 e. The van der Waals surface area contributed by atoms with Crippen LogP contribution in [-0.2, 0) is 5.41 Å². The molecule has 0 spiro atoms. The van der Waals surface area contributed by atoms with Crippen molar-refractivity contribution < 1.29 is 4.79 Å². The molecular weight excluding hydrogens is 236 g/mol. The van der Waals surface area contributed by atoms with Crippen LogP contribution in [0, 0.1) is 0 Å². The molecule has 0 saturated heterocycles. The van der Waals surface area contributed by atoms with Gasteiger partial charge >= 0.3 is 0 Å². The Morgan fingerprint density at radius 2 is 1.84 bits per heavy atom. The molecule has 1 aromatic heterocycles. The number of carbonyl (C=O) groups excluding carboxylic acids is 1. The molecule has 1 N–H and O–H groups in total. The van der Waals surface area contributed by atoms with Crippen LogP contribution >= 0.6 is 0 Å². The zero-order chi connectivity index (χ0) is 13.1. The molecule has 0 aliphatic heterocycles. The lowest BCUT2D eigenvalue weighted by Crippen LogP contribution is -2.32. The van der Waals surface area contributed by atoms with E-state index in [1.807, 2.05) is 54.7 Å². The minimum absolute atomic E-state index is 0.0113. The van der Waals surface area contributed by atoms with Gasteiger partial charge in [0.15, 0.2) is 0 Å². The van der Waals surface area contributed by atoms with E-state index < -0.39 is 0 Å². The summed E-state index contributed by atoms with van der Waals surface area (Å²) in [4.78, 5) is 16.4. The summed E-state index contributed by atoms with van der Waals surface area (Å²) in [7, 11) is 0. The second kappa shape index (κ2) is 4.84. The van der Waals surface area contributed by atoms with Gasteiger partial charge in [-0.3, -0.25) is 9.78 Å². The quantitative estimate of drug-likeness (QED) is 0.908. The highest BCUT2D eigenvalue weighted by molar-refractivity contribution is 5.94. The van der Waals surface area contributed by atoms with E-state index in [2.05, 4.69) is 10.3 Å². The van der Waals surface area contributed by atoms with Crippen LogP contribution < -0.4 is 5.32 Å². The highest BCUT2D eigenvalue weighted by Gasteiger charge is 2.45. The topological polar surface area (TPSA) is 42.0 Å². The zero-order valence-corrected chi connectivity index (χ0v) is 10.7. The van der Waals surface area contributed by atoms with E-state index in [1.54, 1.807) is 0 Å². The third-order valence-electron chi connectivity index (χ3n) is 3.69. The van der Waals surface area contributed by atoms with Crippen molar-refractivity contribution in [2.24, 2.45) is 0 Å². The Hall–Kier alpha value is -2.16. The molecule has 3 rings (SSSR count). The van der Waals surface area contributed by atoms with Crippen molar-refractivity contribution in [2.45, 2.75) is 18.3 Å². The lowest BCUT2D eigenvalue weighted by Gasteiger charge is -2.15. The number of nitrogens with zero attached hydrogens (tertiary/aromatic N) is 1. The van der Waals surface area contributed by atoms with Crippen LogP contribution in [0.25, 0.3) is 0 Å². The summed E-state index contributed by atoms with van der Waals surface area (Å²) in [6.45, 7) is 0.664. The molecule has 3 heteroatoms. The number of rotatable bonds is 4. The van der Waals surface area contributed by atoms with Gasteiger partial charge in [0.05, 0.1) is 0 Å². The number of benzene rings is 1. The second-order valence-corrected chi connectivity index (χ2v) is 5.04. The number of amides is 1. The molecule has 2 aromatic rings. The summed E-state index contributed by atoms with van der Waals surface area (Å²) >= 11 is 0. The van der Waals surface area contributed by atoms with E-state index in [0.717, 1.165) is 18.5 Å². The predicted octanol–water partition coefficient (Wildman–Crippen LogP) is 2.54. The van der Waals surface area contributed by atoms with Crippen molar-refractivity contribution in [3.63, 3.8) is 0 Å². The van der Waals surface area contributed by atoms with Crippen molar-refractivity contribution in [2.75, 3.05) is 6.54 Å². The molecule has 0 radical (unpaired) electrons. The third kappa shape index (κ3) is 2.50. The normalized spacial score (nSPS) is 15.8. The Morgan fingerprint density at radius 3 is 2.47 bits per heavy atom. The maximum Gasteiger partial charge on any atom is 0.251 e. The molecule has 19 heavy (non-hydrogen) atoms. The second-order valence-electron chi connectivity index (χ2n) is 5.04. The Labute approximate surface area is 112 Å². The van der Waals surface area contributed by atoms with Crippen LogP contribution in [0.5, 0.6) is 0 Å². The number of hydrogen-bond acceptors (Lipinski definition) is 2. The first-order valence-corrected chi connectivity index (χ1v) is 6.55. The van der Waals surface area contributed by atoms with E-state index in [-0.39, 0.29) is 11.3 Å². The molecule has 1 aliphatic carbocycles. The molecule has 1 amide bonds. The van der Waals surface area contributed by atoms with Gasteiger partial charge in [0.25, 0.3) is 5.91 Å². The van der Waals surface area contributed by atoms with Crippen LogP contribution in [0.15, 0.2) is 54.7 Å². The fourth-order valence-electron chi connectivity index (χ4n) is 2.29. The molecule has 0 unspecified atom stereocenters. The number of carbonyl (C=O) groups is 1. The van der Waals surface area contributed by atoms with Crippen LogP contribution in [-0.4, -0.2) is 17.4 Å². The average molecular weight is 252 g/mol. The molecule has 1 heterocycles. The minimum atomic E-state index is -0.0113. The van der Waals surface area contributed by atoms with Gasteiger partial charge in [0.2, 0.25) is 0 Å². The van der Waals surface area contributed by atoms with Gasteiger partial charge in [-0.05, 0) is 37.1 Å². The van der Waals surface area contributed by atoms with E-state index in [0.29, 0.717) is 12.1 Å². The predicted molar refractivity (Wildman–Crippen MR) is 73.9 cm³/mol. The van der Waals surface area contributed by atoms with Crippen LogP contribution in [0.3, 0.4) is 0 Å². The van der Waals surface area contributed by atoms with Gasteiger partial charge < -0.3 is 5.32 Å². The molecule has 1 saturated carbocycles. The van der Waals surface area contributed by atoms with Gasteiger partial charge in [0, 0.05) is 29.4 Å². The fraction of sp³-hybridized carbons (Fsp3) is 0.250. The Balaban J connectivity index is 1.66. The monoisotopic (exact) mass is 252 g/mol. The highest BCUT2D eigenvalue weighted by atomic mass is 16.1. The number of nitrogens with one attached hydrogen (secondary N) is 1. The van der Waals surface area contributed by atoms with Gasteiger partial charge in [-0.2, -0.15) is 0 Å². The standard InChI is InChI=1S/C16H16N2O/c19-15(13-6-2-1-3-7-13)18-12-16(9-10-16)14-8-4-5-11-17-14/h1-8,11H,9-10,12H2,(H,18,19). The van der Waals surface area contributed by atoms with Gasteiger partial charge in [0.1, 0.15) is 0 Å². The summed E-state index contributed by atoms with van der Waals surface area (Å²) in [5.74, 6) is -0.0113. The maximum absolute atomic E-state index is 12.0. The van der Waals surface area contributed by atoms with E-state index in [9.17, 15) is 4.79 Å². The third-order valence-corrected chi connectivity index (χ3v) is 3.69. The van der Waals surface area contributed by atoms with Crippen molar-refractivity contribution >= 4 is 5.91 Å². The van der Waals surface area contributed by atoms with Crippen molar-refractivity contribution in [3.8, 4) is 0 Å². The molecule has 1 aromatic carbocycles. The van der Waals surface area contributed by atoms with Crippen LogP contribution in [0.1, 0.15) is 28.9 Å². The molecule has 0 bridgehead atoms. The zero-order valence-electron chi connectivity index (χ0n) is 10.7. The molecule has 1 fully saturated rings. The summed E-state index contributed by atoms with van der Waals surface area (Å²) in [5.41, 5.74) is 1.86. The molecule has 0 atom stereocenters. The highest BCUT2D eigenvalue weighted by Crippen LogP contribution is 2.46. The van der Waals surface area contributed by atoms with E-state index >= 15 is 0 Å². The largest absolute Gasteiger partial charge is 0.351 e. The molecule has 1 aliphatic rings.